The molecule has 2 amide bonds. The van der Waals surface area contributed by atoms with Gasteiger partial charge in [0, 0.05) is 28.5 Å². The van der Waals surface area contributed by atoms with Crippen LogP contribution >= 0.6 is 15.9 Å². The van der Waals surface area contributed by atoms with Crippen molar-refractivity contribution >= 4 is 44.8 Å². The lowest BCUT2D eigenvalue weighted by molar-refractivity contribution is -0.115. The van der Waals surface area contributed by atoms with Crippen LogP contribution in [0.1, 0.15) is 12.5 Å². The van der Waals surface area contributed by atoms with Gasteiger partial charge in [-0.3, -0.25) is 9.59 Å². The Hall–Kier alpha value is -2.34. The highest BCUT2D eigenvalue weighted by Gasteiger charge is 2.04. The monoisotopic (exact) mass is 375 g/mol. The van der Waals surface area contributed by atoms with Crippen LogP contribution in [0.4, 0.5) is 17.1 Å². The molecule has 0 saturated carbocycles. The standard InChI is InChI=1S/C17H18BrN3O2/c1-11-3-4-15(9-16(11)18)19-10-17(23)21-14-7-5-13(6-8-14)20-12(2)22/h3-9,19H,10H2,1-2H3,(H,20,22)(H,21,23). The third-order valence-corrected chi connectivity index (χ3v) is 3.97. The van der Waals surface area contributed by atoms with Gasteiger partial charge in [0.15, 0.2) is 0 Å². The van der Waals surface area contributed by atoms with E-state index in [-0.39, 0.29) is 18.4 Å². The summed E-state index contributed by atoms with van der Waals surface area (Å²) in [6.07, 6.45) is 0. The van der Waals surface area contributed by atoms with Gasteiger partial charge in [-0.25, -0.2) is 0 Å². The predicted octanol–water partition coefficient (Wildman–Crippen LogP) is 3.77. The van der Waals surface area contributed by atoms with E-state index in [2.05, 4.69) is 31.9 Å². The van der Waals surface area contributed by atoms with Crippen LogP contribution in [0.15, 0.2) is 46.9 Å². The van der Waals surface area contributed by atoms with Gasteiger partial charge in [-0.2, -0.15) is 0 Å². The SMILES string of the molecule is CC(=O)Nc1ccc(NC(=O)CNc2ccc(C)c(Br)c2)cc1. The first-order valence-electron chi connectivity index (χ1n) is 7.11. The number of hydrogen-bond acceptors (Lipinski definition) is 3. The second kappa shape index (κ2) is 7.78. The highest BCUT2D eigenvalue weighted by atomic mass is 79.9. The van der Waals surface area contributed by atoms with Gasteiger partial charge in [-0.1, -0.05) is 22.0 Å². The maximum atomic E-state index is 11.9. The van der Waals surface area contributed by atoms with Gasteiger partial charge >= 0.3 is 0 Å². The van der Waals surface area contributed by atoms with E-state index < -0.39 is 0 Å². The highest BCUT2D eigenvalue weighted by molar-refractivity contribution is 9.10. The highest BCUT2D eigenvalue weighted by Crippen LogP contribution is 2.20. The van der Waals surface area contributed by atoms with Crippen LogP contribution in [0.3, 0.4) is 0 Å². The van der Waals surface area contributed by atoms with Gasteiger partial charge in [0.05, 0.1) is 6.54 Å². The van der Waals surface area contributed by atoms with Crippen molar-refractivity contribution in [3.63, 3.8) is 0 Å². The van der Waals surface area contributed by atoms with Gasteiger partial charge in [0.2, 0.25) is 11.8 Å². The van der Waals surface area contributed by atoms with E-state index in [4.69, 9.17) is 0 Å². The maximum absolute atomic E-state index is 11.9. The minimum atomic E-state index is -0.144. The summed E-state index contributed by atoms with van der Waals surface area (Å²) >= 11 is 3.46. The van der Waals surface area contributed by atoms with E-state index >= 15 is 0 Å². The van der Waals surface area contributed by atoms with Crippen molar-refractivity contribution in [1.82, 2.24) is 0 Å². The zero-order valence-electron chi connectivity index (χ0n) is 12.9. The lowest BCUT2D eigenvalue weighted by Gasteiger charge is -2.09. The topological polar surface area (TPSA) is 70.2 Å². The molecule has 0 aliphatic carbocycles. The molecule has 5 nitrogen and oxygen atoms in total. The van der Waals surface area contributed by atoms with E-state index in [0.29, 0.717) is 11.4 Å². The first kappa shape index (κ1) is 17.0. The molecule has 0 radical (unpaired) electrons. The van der Waals surface area contributed by atoms with Crippen LogP contribution in [0.25, 0.3) is 0 Å². The van der Waals surface area contributed by atoms with Crippen molar-refractivity contribution in [1.29, 1.82) is 0 Å². The van der Waals surface area contributed by atoms with Crippen molar-refractivity contribution in [2.45, 2.75) is 13.8 Å². The van der Waals surface area contributed by atoms with Gasteiger partial charge < -0.3 is 16.0 Å². The minimum absolute atomic E-state index is 0.129. The van der Waals surface area contributed by atoms with Gasteiger partial charge in [-0.05, 0) is 48.9 Å². The molecule has 0 aliphatic rings. The summed E-state index contributed by atoms with van der Waals surface area (Å²) in [5, 5.41) is 8.54. The normalized spacial score (nSPS) is 10.0. The molecule has 0 aliphatic heterocycles. The summed E-state index contributed by atoms with van der Waals surface area (Å²) in [4.78, 5) is 22.9. The van der Waals surface area contributed by atoms with Crippen LogP contribution in [0.2, 0.25) is 0 Å². The summed E-state index contributed by atoms with van der Waals surface area (Å²) in [6.45, 7) is 3.62. The molecule has 23 heavy (non-hydrogen) atoms. The molecule has 2 rings (SSSR count). The molecule has 6 heteroatoms. The fraction of sp³-hybridized carbons (Fsp3) is 0.176. The number of carbonyl (C=O) groups is 2. The van der Waals surface area contributed by atoms with E-state index in [1.54, 1.807) is 24.3 Å². The lowest BCUT2D eigenvalue weighted by Crippen LogP contribution is -2.21. The number of nitrogens with one attached hydrogen (secondary N) is 3. The first-order valence-corrected chi connectivity index (χ1v) is 7.91. The molecular weight excluding hydrogens is 358 g/mol. The number of amides is 2. The first-order chi connectivity index (χ1) is 10.9. The van der Waals surface area contributed by atoms with Crippen LogP contribution in [0, 0.1) is 6.92 Å². The van der Waals surface area contributed by atoms with Crippen molar-refractivity contribution in [2.24, 2.45) is 0 Å². The number of hydrogen-bond donors (Lipinski definition) is 3. The molecule has 0 fully saturated rings. The maximum Gasteiger partial charge on any atom is 0.243 e. The zero-order valence-corrected chi connectivity index (χ0v) is 14.5. The fourth-order valence-electron chi connectivity index (χ4n) is 1.93. The Bertz CT molecular complexity index is 714. The number of benzene rings is 2. The van der Waals surface area contributed by atoms with Gasteiger partial charge in [0.25, 0.3) is 0 Å². The largest absolute Gasteiger partial charge is 0.376 e. The number of rotatable bonds is 5. The Morgan fingerprint density at radius 2 is 1.52 bits per heavy atom. The minimum Gasteiger partial charge on any atom is -0.376 e. The molecule has 0 unspecified atom stereocenters. The Kier molecular flexibility index (Phi) is 5.76. The van der Waals surface area contributed by atoms with E-state index in [9.17, 15) is 9.59 Å². The van der Waals surface area contributed by atoms with Crippen molar-refractivity contribution in [3.05, 3.63) is 52.5 Å². The van der Waals surface area contributed by atoms with Crippen LogP contribution < -0.4 is 16.0 Å². The molecule has 0 bridgehead atoms. The summed E-state index contributed by atoms with van der Waals surface area (Å²) < 4.78 is 0.997. The smallest absolute Gasteiger partial charge is 0.243 e. The lowest BCUT2D eigenvalue weighted by atomic mass is 10.2. The molecule has 0 atom stereocenters. The number of anilines is 3. The Balaban J connectivity index is 1.86. The summed E-state index contributed by atoms with van der Waals surface area (Å²) in [5.74, 6) is -0.274. The molecule has 0 spiro atoms. The number of carbonyl (C=O) groups excluding carboxylic acids is 2. The number of aryl methyl sites for hydroxylation is 1. The molecule has 3 N–H and O–H groups in total. The molecule has 0 aromatic heterocycles. The van der Waals surface area contributed by atoms with Crippen molar-refractivity contribution in [2.75, 3.05) is 22.5 Å². The summed E-state index contributed by atoms with van der Waals surface area (Å²) in [5.41, 5.74) is 3.38. The van der Waals surface area contributed by atoms with E-state index in [0.717, 1.165) is 15.7 Å². The van der Waals surface area contributed by atoms with Crippen LogP contribution in [0.5, 0.6) is 0 Å². The molecule has 0 heterocycles. The molecular formula is C17H18BrN3O2. The third-order valence-electron chi connectivity index (χ3n) is 3.11. The molecule has 2 aromatic carbocycles. The molecule has 2 aromatic rings. The summed E-state index contributed by atoms with van der Waals surface area (Å²) in [7, 11) is 0. The fourth-order valence-corrected chi connectivity index (χ4v) is 2.31. The molecule has 120 valence electrons. The Morgan fingerprint density at radius 1 is 0.957 bits per heavy atom. The van der Waals surface area contributed by atoms with Crippen molar-refractivity contribution < 1.29 is 9.59 Å². The van der Waals surface area contributed by atoms with Crippen LogP contribution in [-0.4, -0.2) is 18.4 Å². The van der Waals surface area contributed by atoms with Crippen LogP contribution in [-0.2, 0) is 9.59 Å². The predicted molar refractivity (Wildman–Crippen MR) is 96.7 cm³/mol. The Labute approximate surface area is 143 Å². The second-order valence-corrected chi connectivity index (χ2v) is 5.98. The van der Waals surface area contributed by atoms with E-state index in [1.165, 1.54) is 6.92 Å². The molecule has 0 saturated heterocycles. The second-order valence-electron chi connectivity index (χ2n) is 5.12. The number of halogens is 1. The van der Waals surface area contributed by atoms with Gasteiger partial charge in [0.1, 0.15) is 0 Å². The van der Waals surface area contributed by atoms with E-state index in [1.807, 2.05) is 25.1 Å². The summed E-state index contributed by atoms with van der Waals surface area (Å²) in [6, 6.07) is 12.8. The van der Waals surface area contributed by atoms with Crippen molar-refractivity contribution in [3.8, 4) is 0 Å². The average Bonchev–Trinajstić information content (AvgIpc) is 2.50. The quantitative estimate of drug-likeness (QED) is 0.744. The third kappa shape index (κ3) is 5.41. The van der Waals surface area contributed by atoms with Gasteiger partial charge in [-0.15, -0.1) is 0 Å². The average molecular weight is 376 g/mol. The zero-order chi connectivity index (χ0) is 16.8. The Morgan fingerprint density at radius 3 is 2.09 bits per heavy atom.